The Bertz CT molecular complexity index is 1700. The Morgan fingerprint density at radius 1 is 0.795 bits per heavy atom. The summed E-state index contributed by atoms with van der Waals surface area (Å²) in [5, 5.41) is 2.97. The lowest BCUT2D eigenvalue weighted by atomic mass is 10.0. The molecule has 230 valence electrons. The summed E-state index contributed by atoms with van der Waals surface area (Å²) in [4.78, 5) is 29.8. The van der Waals surface area contributed by atoms with Gasteiger partial charge in [0.2, 0.25) is 11.8 Å². The first-order valence-electron chi connectivity index (χ1n) is 14.2. The van der Waals surface area contributed by atoms with Crippen molar-refractivity contribution < 1.29 is 18.0 Å². The predicted molar refractivity (Wildman–Crippen MR) is 182 cm³/mol. The van der Waals surface area contributed by atoms with Crippen LogP contribution in [-0.2, 0) is 32.6 Å². The van der Waals surface area contributed by atoms with E-state index in [0.717, 1.165) is 25.5 Å². The fourth-order valence-corrected chi connectivity index (χ4v) is 7.00. The highest BCUT2D eigenvalue weighted by Gasteiger charge is 2.35. The van der Waals surface area contributed by atoms with Gasteiger partial charge < -0.3 is 10.2 Å². The first-order valence-corrected chi connectivity index (χ1v) is 17.2. The van der Waals surface area contributed by atoms with Crippen LogP contribution in [0.25, 0.3) is 0 Å². The molecule has 0 saturated heterocycles. The van der Waals surface area contributed by atoms with E-state index in [2.05, 4.69) is 37.2 Å². The average molecular weight is 742 g/mol. The Labute approximate surface area is 276 Å². The second-order valence-electron chi connectivity index (χ2n) is 10.8. The normalized spacial score (nSPS) is 12.0. The van der Waals surface area contributed by atoms with Crippen LogP contribution in [-0.4, -0.2) is 43.8 Å². The number of halogens is 2. The van der Waals surface area contributed by atoms with Crippen LogP contribution in [0.4, 0.5) is 5.69 Å². The smallest absolute Gasteiger partial charge is 0.264 e. The molecule has 0 heterocycles. The van der Waals surface area contributed by atoms with Crippen LogP contribution in [0.3, 0.4) is 0 Å². The molecule has 44 heavy (non-hydrogen) atoms. The van der Waals surface area contributed by atoms with Gasteiger partial charge in [0, 0.05) is 28.0 Å². The molecule has 0 aromatic heterocycles. The number of hydrogen-bond donors (Lipinski definition) is 1. The molecule has 1 atom stereocenters. The van der Waals surface area contributed by atoms with Crippen molar-refractivity contribution in [2.24, 2.45) is 0 Å². The van der Waals surface area contributed by atoms with Gasteiger partial charge in [-0.3, -0.25) is 13.9 Å². The van der Waals surface area contributed by atoms with Gasteiger partial charge >= 0.3 is 0 Å². The molecule has 0 unspecified atom stereocenters. The first-order chi connectivity index (χ1) is 20.9. The van der Waals surface area contributed by atoms with E-state index in [1.54, 1.807) is 36.4 Å². The number of amides is 2. The maximum absolute atomic E-state index is 14.5. The second kappa shape index (κ2) is 15.0. The number of aryl methyl sites for hydroxylation is 1. The molecule has 0 saturated carbocycles. The number of carbonyl (C=O) groups excluding carboxylic acids is 2. The van der Waals surface area contributed by atoms with E-state index in [9.17, 15) is 18.0 Å². The van der Waals surface area contributed by atoms with Crippen molar-refractivity contribution in [1.82, 2.24) is 10.2 Å². The molecule has 10 heteroatoms. The molecule has 0 spiro atoms. The number of carbonyl (C=O) groups is 2. The number of rotatable bonds is 12. The van der Waals surface area contributed by atoms with Gasteiger partial charge in [0.1, 0.15) is 12.6 Å². The molecule has 7 nitrogen and oxygen atoms in total. The Kier molecular flexibility index (Phi) is 11.4. The van der Waals surface area contributed by atoms with Crippen LogP contribution in [0.5, 0.6) is 0 Å². The van der Waals surface area contributed by atoms with Crippen molar-refractivity contribution in [3.05, 3.63) is 129 Å². The molecule has 4 aromatic rings. The monoisotopic (exact) mass is 739 g/mol. The fraction of sp³-hybridized carbons (Fsp3) is 0.235. The standard InChI is InChI=1S/C34H35Br2N3O4S/c1-24(2)37-34(41)32(20-26-9-5-4-6-10-26)38(22-27-11-7-12-28(35)19-27)33(40)23-39(30-14-8-13-29(36)21-30)44(42,43)31-17-15-25(3)16-18-31/h4-19,21,24,32H,20,22-23H2,1-3H3,(H,37,41)/t32-/m1/s1. The summed E-state index contributed by atoms with van der Waals surface area (Å²) in [6.45, 7) is 5.18. The molecule has 0 fully saturated rings. The molecule has 2 amide bonds. The van der Waals surface area contributed by atoms with Crippen molar-refractivity contribution in [3.63, 3.8) is 0 Å². The molecule has 0 aliphatic carbocycles. The first kappa shape index (κ1) is 33.4. The Hall–Kier alpha value is -3.47. The lowest BCUT2D eigenvalue weighted by Crippen LogP contribution is -2.54. The Morgan fingerprint density at radius 2 is 1.41 bits per heavy atom. The van der Waals surface area contributed by atoms with Crippen LogP contribution in [0.1, 0.15) is 30.5 Å². The molecule has 4 rings (SSSR count). The molecule has 4 aromatic carbocycles. The number of benzene rings is 4. The summed E-state index contributed by atoms with van der Waals surface area (Å²) in [5.74, 6) is -0.830. The summed E-state index contributed by atoms with van der Waals surface area (Å²) >= 11 is 6.94. The van der Waals surface area contributed by atoms with E-state index in [4.69, 9.17) is 0 Å². The highest BCUT2D eigenvalue weighted by atomic mass is 79.9. The van der Waals surface area contributed by atoms with Crippen LogP contribution in [0.15, 0.2) is 117 Å². The summed E-state index contributed by atoms with van der Waals surface area (Å²) < 4.78 is 30.8. The lowest BCUT2D eigenvalue weighted by Gasteiger charge is -2.34. The predicted octanol–water partition coefficient (Wildman–Crippen LogP) is 6.88. The van der Waals surface area contributed by atoms with Gasteiger partial charge in [-0.25, -0.2) is 8.42 Å². The summed E-state index contributed by atoms with van der Waals surface area (Å²) in [5.41, 5.74) is 2.90. The van der Waals surface area contributed by atoms with Crippen LogP contribution >= 0.6 is 31.9 Å². The number of nitrogens with one attached hydrogen (secondary N) is 1. The zero-order chi connectivity index (χ0) is 31.9. The van der Waals surface area contributed by atoms with Gasteiger partial charge in [0.05, 0.1) is 10.6 Å². The molecule has 0 aliphatic heterocycles. The zero-order valence-electron chi connectivity index (χ0n) is 24.8. The molecule has 0 aliphatic rings. The van der Waals surface area contributed by atoms with Gasteiger partial charge in [-0.2, -0.15) is 0 Å². The maximum Gasteiger partial charge on any atom is 0.264 e. The van der Waals surface area contributed by atoms with Crippen LogP contribution < -0.4 is 9.62 Å². The lowest BCUT2D eigenvalue weighted by molar-refractivity contribution is -0.140. The van der Waals surface area contributed by atoms with Crippen molar-refractivity contribution in [1.29, 1.82) is 0 Å². The second-order valence-corrected chi connectivity index (χ2v) is 14.5. The van der Waals surface area contributed by atoms with Gasteiger partial charge in [-0.05, 0) is 74.4 Å². The summed E-state index contributed by atoms with van der Waals surface area (Å²) in [7, 11) is -4.16. The minimum absolute atomic E-state index is 0.0628. The minimum atomic E-state index is -4.16. The van der Waals surface area contributed by atoms with Gasteiger partial charge in [0.15, 0.2) is 0 Å². The van der Waals surface area contributed by atoms with Crippen LogP contribution in [0.2, 0.25) is 0 Å². The number of anilines is 1. The van der Waals surface area contributed by atoms with Crippen LogP contribution in [0, 0.1) is 6.92 Å². The fourth-order valence-electron chi connectivity index (χ4n) is 4.76. The number of sulfonamides is 1. The quantitative estimate of drug-likeness (QED) is 0.172. The molecule has 0 bridgehead atoms. The van der Waals surface area contributed by atoms with Gasteiger partial charge in [0.25, 0.3) is 10.0 Å². The Morgan fingerprint density at radius 3 is 2.02 bits per heavy atom. The topological polar surface area (TPSA) is 86.8 Å². The molecular formula is C34H35Br2N3O4S. The third kappa shape index (κ3) is 8.80. The summed E-state index contributed by atoms with van der Waals surface area (Å²) in [6.07, 6.45) is 0.251. The SMILES string of the molecule is Cc1ccc(S(=O)(=O)N(CC(=O)N(Cc2cccc(Br)c2)[C@H](Cc2ccccc2)C(=O)NC(C)C)c2cccc(Br)c2)cc1. The zero-order valence-corrected chi connectivity index (χ0v) is 28.8. The van der Waals surface area contributed by atoms with Crippen molar-refractivity contribution in [2.75, 3.05) is 10.8 Å². The third-order valence-electron chi connectivity index (χ3n) is 6.93. The van der Waals surface area contributed by atoms with E-state index >= 15 is 0 Å². The van der Waals surface area contributed by atoms with Gasteiger partial charge in [-0.15, -0.1) is 0 Å². The summed E-state index contributed by atoms with van der Waals surface area (Å²) in [6, 6.07) is 29.2. The van der Waals surface area contributed by atoms with Crippen molar-refractivity contribution in [3.8, 4) is 0 Å². The minimum Gasteiger partial charge on any atom is -0.352 e. The third-order valence-corrected chi connectivity index (χ3v) is 9.70. The van der Waals surface area contributed by atoms with E-state index in [1.807, 2.05) is 75.4 Å². The number of hydrogen-bond acceptors (Lipinski definition) is 4. The Balaban J connectivity index is 1.81. The highest BCUT2D eigenvalue weighted by molar-refractivity contribution is 9.10. The van der Waals surface area contributed by atoms with E-state index in [-0.39, 0.29) is 29.8 Å². The highest BCUT2D eigenvalue weighted by Crippen LogP contribution is 2.28. The molecule has 1 N–H and O–H groups in total. The number of nitrogens with zero attached hydrogens (tertiary/aromatic N) is 2. The average Bonchev–Trinajstić information content (AvgIpc) is 2.98. The largest absolute Gasteiger partial charge is 0.352 e. The molecule has 0 radical (unpaired) electrons. The molecular weight excluding hydrogens is 706 g/mol. The maximum atomic E-state index is 14.5. The van der Waals surface area contributed by atoms with Gasteiger partial charge in [-0.1, -0.05) is 98.1 Å². The van der Waals surface area contributed by atoms with E-state index < -0.39 is 28.5 Å². The van der Waals surface area contributed by atoms with E-state index in [1.165, 1.54) is 17.0 Å². The van der Waals surface area contributed by atoms with Crippen molar-refractivity contribution in [2.45, 2.75) is 50.7 Å². The van der Waals surface area contributed by atoms with Crippen molar-refractivity contribution >= 4 is 59.4 Å². The van der Waals surface area contributed by atoms with E-state index in [0.29, 0.717) is 10.2 Å².